The molecule has 0 radical (unpaired) electrons. The molecule has 1 N–H and O–H groups in total. The molecule has 6 fully saturated rings. The average molecular weight is 490 g/mol. The Labute approximate surface area is 213 Å². The third kappa shape index (κ3) is 4.04. The topological polar surface area (TPSA) is 70.0 Å². The quantitative estimate of drug-likeness (QED) is 0.690. The van der Waals surface area contributed by atoms with Crippen LogP contribution in [0.15, 0.2) is 24.4 Å². The molecule has 2 aromatic heterocycles. The molecule has 4 aliphatic carbocycles. The zero-order chi connectivity index (χ0) is 24.3. The molecule has 2 aliphatic heterocycles. The normalized spacial score (nSPS) is 32.4. The second-order valence-electron chi connectivity index (χ2n) is 12.6. The van der Waals surface area contributed by atoms with Crippen LogP contribution >= 0.6 is 0 Å². The van der Waals surface area contributed by atoms with Gasteiger partial charge in [0.15, 0.2) is 0 Å². The number of fused-ring (bicyclic) bond motifs is 1. The number of pyridine rings is 1. The summed E-state index contributed by atoms with van der Waals surface area (Å²) in [5, 5.41) is 3.29. The molecule has 7 heteroatoms. The molecule has 0 spiro atoms. The number of likely N-dealkylation sites (tertiary alicyclic amines) is 2. The van der Waals surface area contributed by atoms with Gasteiger partial charge < -0.3 is 15.1 Å². The highest BCUT2D eigenvalue weighted by molar-refractivity contribution is 5.95. The summed E-state index contributed by atoms with van der Waals surface area (Å²) in [5.74, 6) is 2.55. The van der Waals surface area contributed by atoms with Crippen molar-refractivity contribution in [1.82, 2.24) is 24.5 Å². The molecule has 4 saturated carbocycles. The second kappa shape index (κ2) is 8.86. The first-order valence-electron chi connectivity index (χ1n) is 14.3. The van der Waals surface area contributed by atoms with Crippen LogP contribution in [0.1, 0.15) is 85.2 Å². The molecular formula is C29H39N5O2. The summed E-state index contributed by atoms with van der Waals surface area (Å²) in [6.07, 6.45) is 14.5. The minimum atomic E-state index is -0.0563. The largest absolute Gasteiger partial charge is 0.350 e. The molecule has 2 saturated heterocycles. The highest BCUT2D eigenvalue weighted by Crippen LogP contribution is 2.59. The van der Waals surface area contributed by atoms with Gasteiger partial charge in [0.1, 0.15) is 17.0 Å². The van der Waals surface area contributed by atoms with Gasteiger partial charge in [-0.1, -0.05) is 6.07 Å². The molecule has 0 unspecified atom stereocenters. The average Bonchev–Trinajstić information content (AvgIpc) is 3.56. The van der Waals surface area contributed by atoms with E-state index in [1.165, 1.54) is 64.5 Å². The number of amides is 2. The Morgan fingerprint density at radius 3 is 2.28 bits per heavy atom. The summed E-state index contributed by atoms with van der Waals surface area (Å²) in [7, 11) is 0. The van der Waals surface area contributed by atoms with Crippen molar-refractivity contribution >= 4 is 17.5 Å². The maximum Gasteiger partial charge on any atom is 0.274 e. The summed E-state index contributed by atoms with van der Waals surface area (Å²) < 4.78 is 1.80. The van der Waals surface area contributed by atoms with Gasteiger partial charge in [-0.15, -0.1) is 0 Å². The van der Waals surface area contributed by atoms with Crippen LogP contribution in [0.3, 0.4) is 0 Å². The number of piperidine rings is 1. The molecular weight excluding hydrogens is 450 g/mol. The van der Waals surface area contributed by atoms with Gasteiger partial charge in [0.05, 0.1) is 0 Å². The van der Waals surface area contributed by atoms with E-state index in [9.17, 15) is 9.59 Å². The van der Waals surface area contributed by atoms with Gasteiger partial charge in [0.25, 0.3) is 11.8 Å². The van der Waals surface area contributed by atoms with E-state index in [1.54, 1.807) is 10.6 Å². The Hall–Kier alpha value is -2.41. The first-order chi connectivity index (χ1) is 17.6. The fourth-order valence-corrected chi connectivity index (χ4v) is 8.87. The molecule has 7 nitrogen and oxygen atoms in total. The number of aromatic nitrogens is 2. The van der Waals surface area contributed by atoms with Crippen LogP contribution in [0.5, 0.6) is 0 Å². The molecule has 2 amide bonds. The van der Waals surface area contributed by atoms with Gasteiger partial charge in [-0.2, -0.15) is 0 Å². The van der Waals surface area contributed by atoms with Crippen molar-refractivity contribution < 1.29 is 9.59 Å². The summed E-state index contributed by atoms with van der Waals surface area (Å²) in [6, 6.07) is 6.21. The Balaban J connectivity index is 1.03. The number of carbonyl (C=O) groups excluding carboxylic acids is 2. The van der Waals surface area contributed by atoms with E-state index in [2.05, 4.69) is 15.2 Å². The van der Waals surface area contributed by atoms with Gasteiger partial charge in [-0.3, -0.25) is 14.0 Å². The molecule has 0 atom stereocenters. The third-order valence-electron chi connectivity index (χ3n) is 10.1. The molecule has 8 rings (SSSR count). The van der Waals surface area contributed by atoms with Crippen LogP contribution < -0.4 is 5.32 Å². The van der Waals surface area contributed by atoms with Crippen molar-refractivity contribution in [3.63, 3.8) is 0 Å². The van der Waals surface area contributed by atoms with E-state index < -0.39 is 0 Å². The minimum Gasteiger partial charge on any atom is -0.350 e. The molecule has 4 heterocycles. The maximum atomic E-state index is 13.3. The highest BCUT2D eigenvalue weighted by atomic mass is 16.2. The van der Waals surface area contributed by atoms with Crippen molar-refractivity contribution in [2.24, 2.45) is 23.2 Å². The summed E-state index contributed by atoms with van der Waals surface area (Å²) in [6.45, 7) is 4.76. The van der Waals surface area contributed by atoms with Crippen LogP contribution in [0.25, 0.3) is 5.65 Å². The van der Waals surface area contributed by atoms with Crippen molar-refractivity contribution in [3.8, 4) is 0 Å². The SMILES string of the molecule is O=C(NCC12CC3CC(CC(C3)C1)C2)c1cccc2nc(C(=O)N3CCC(N4CCCC4)CC3)cn12. The number of nitrogens with one attached hydrogen (secondary N) is 1. The zero-order valence-electron chi connectivity index (χ0n) is 21.3. The monoisotopic (exact) mass is 489 g/mol. The first-order valence-corrected chi connectivity index (χ1v) is 14.3. The van der Waals surface area contributed by atoms with Crippen molar-refractivity contribution in [1.29, 1.82) is 0 Å². The predicted octanol–water partition coefficient (Wildman–Crippen LogP) is 3.98. The first kappa shape index (κ1) is 22.8. The Kier molecular flexibility index (Phi) is 5.60. The van der Waals surface area contributed by atoms with E-state index in [-0.39, 0.29) is 11.8 Å². The summed E-state index contributed by atoms with van der Waals surface area (Å²) in [4.78, 5) is 35.8. The molecule has 2 aromatic rings. The second-order valence-corrected chi connectivity index (χ2v) is 12.6. The van der Waals surface area contributed by atoms with Crippen molar-refractivity contribution in [2.75, 3.05) is 32.7 Å². The Morgan fingerprint density at radius 2 is 1.61 bits per heavy atom. The minimum absolute atomic E-state index is 0.0153. The van der Waals surface area contributed by atoms with Crippen molar-refractivity contribution in [3.05, 3.63) is 35.8 Å². The van der Waals surface area contributed by atoms with Crippen molar-refractivity contribution in [2.45, 2.75) is 70.3 Å². The van der Waals surface area contributed by atoms with Gasteiger partial charge in [0, 0.05) is 31.9 Å². The number of nitrogens with zero attached hydrogens (tertiary/aromatic N) is 4. The van der Waals surface area contributed by atoms with Crippen LogP contribution in [-0.2, 0) is 0 Å². The van der Waals surface area contributed by atoms with E-state index in [0.717, 1.165) is 50.2 Å². The molecule has 36 heavy (non-hydrogen) atoms. The standard InChI is InChI=1S/C29H39N5O2/c35-27(30-19-29-15-20-12-21(16-29)14-22(13-20)17-29)25-4-3-5-26-31-24(18-34(25)26)28(36)33-10-6-23(7-11-33)32-8-1-2-9-32/h3-5,18,20-23H,1-2,6-17,19H2,(H,30,35). The molecule has 192 valence electrons. The van der Waals surface area contributed by atoms with E-state index in [0.29, 0.717) is 28.5 Å². The van der Waals surface area contributed by atoms with Crippen LogP contribution in [0, 0.1) is 23.2 Å². The summed E-state index contributed by atoms with van der Waals surface area (Å²) in [5.41, 5.74) is 1.97. The lowest BCUT2D eigenvalue weighted by Crippen LogP contribution is -2.51. The number of rotatable bonds is 5. The van der Waals surface area contributed by atoms with Crippen LogP contribution in [0.2, 0.25) is 0 Å². The Bertz CT molecular complexity index is 1120. The molecule has 0 aromatic carbocycles. The number of carbonyl (C=O) groups is 2. The van der Waals surface area contributed by atoms with Gasteiger partial charge >= 0.3 is 0 Å². The van der Waals surface area contributed by atoms with Crippen LogP contribution in [-0.4, -0.2) is 69.8 Å². The lowest BCUT2D eigenvalue weighted by molar-refractivity contribution is -0.0503. The fourth-order valence-electron chi connectivity index (χ4n) is 8.87. The van der Waals surface area contributed by atoms with E-state index in [4.69, 9.17) is 0 Å². The van der Waals surface area contributed by atoms with E-state index >= 15 is 0 Å². The maximum absolute atomic E-state index is 13.3. The number of imidazole rings is 1. The van der Waals surface area contributed by atoms with Gasteiger partial charge in [0.2, 0.25) is 0 Å². The number of hydrogen-bond donors (Lipinski definition) is 1. The Morgan fingerprint density at radius 1 is 0.944 bits per heavy atom. The van der Waals surface area contributed by atoms with Crippen LogP contribution in [0.4, 0.5) is 0 Å². The fraction of sp³-hybridized carbons (Fsp3) is 0.690. The highest BCUT2D eigenvalue weighted by Gasteiger charge is 2.50. The van der Waals surface area contributed by atoms with E-state index in [1.807, 2.05) is 23.1 Å². The predicted molar refractivity (Wildman–Crippen MR) is 138 cm³/mol. The number of hydrogen-bond acceptors (Lipinski definition) is 4. The molecule has 4 bridgehead atoms. The lowest BCUT2D eigenvalue weighted by atomic mass is 9.49. The summed E-state index contributed by atoms with van der Waals surface area (Å²) >= 11 is 0. The molecule has 6 aliphatic rings. The zero-order valence-corrected chi connectivity index (χ0v) is 21.3. The third-order valence-corrected chi connectivity index (χ3v) is 10.1. The smallest absolute Gasteiger partial charge is 0.274 e. The van der Waals surface area contributed by atoms with Gasteiger partial charge in [-0.05, 0) is 113 Å². The lowest BCUT2D eigenvalue weighted by Gasteiger charge is -2.56. The van der Waals surface area contributed by atoms with Gasteiger partial charge in [-0.25, -0.2) is 4.98 Å².